The monoisotopic (exact) mass is 198 g/mol. The topological polar surface area (TPSA) is 17.1 Å². The van der Waals surface area contributed by atoms with E-state index in [2.05, 4.69) is 0 Å². The molecule has 68 valence electrons. The molecule has 1 rings (SSSR count). The Kier molecular flexibility index (Phi) is 3.20. The maximum Gasteiger partial charge on any atom is 0.188 e. The van der Waals surface area contributed by atoms with Gasteiger partial charge in [0.2, 0.25) is 0 Å². The number of benzene rings is 1. The minimum atomic E-state index is -0.500. The summed E-state index contributed by atoms with van der Waals surface area (Å²) in [5.74, 6) is -0.850. The molecule has 0 fully saturated rings. The molecule has 1 aromatic carbocycles. The minimum Gasteiger partial charge on any atom is -0.289 e. The van der Waals surface area contributed by atoms with Crippen LogP contribution in [-0.2, 0) is 0 Å². The normalized spacial score (nSPS) is 11.5. The van der Waals surface area contributed by atoms with Crippen LogP contribution in [0.4, 0.5) is 4.39 Å². The number of hydrogen-bond acceptors (Lipinski definition) is 1. The average Bonchev–Trinajstić information content (AvgIpc) is 2.04. The molecule has 0 aromatic heterocycles. The van der Waals surface area contributed by atoms with Crippen molar-refractivity contribution in [2.45, 2.75) is 6.92 Å². The van der Waals surface area contributed by atoms with Crippen molar-refractivity contribution in [3.8, 4) is 0 Å². The summed E-state index contributed by atoms with van der Waals surface area (Å²) in [6.07, 6.45) is 0.948. The Morgan fingerprint density at radius 2 is 1.92 bits per heavy atom. The van der Waals surface area contributed by atoms with Crippen LogP contribution < -0.4 is 0 Å². The third-order valence-electron chi connectivity index (χ3n) is 1.46. The van der Waals surface area contributed by atoms with Crippen molar-refractivity contribution >= 4 is 17.4 Å². The van der Waals surface area contributed by atoms with Crippen LogP contribution in [0, 0.1) is 0 Å². The highest BCUT2D eigenvalue weighted by Gasteiger charge is 2.01. The molecule has 0 spiro atoms. The Morgan fingerprint density at radius 3 is 2.38 bits per heavy atom. The van der Waals surface area contributed by atoms with Gasteiger partial charge in [0.05, 0.1) is 0 Å². The van der Waals surface area contributed by atoms with Crippen LogP contribution in [0.3, 0.4) is 0 Å². The van der Waals surface area contributed by atoms with Crippen LogP contribution >= 0.6 is 11.6 Å². The summed E-state index contributed by atoms with van der Waals surface area (Å²) in [5.41, 5.74) is 0.432. The van der Waals surface area contributed by atoms with Gasteiger partial charge in [-0.3, -0.25) is 4.79 Å². The summed E-state index contributed by atoms with van der Waals surface area (Å²) in [5, 5.41) is 0.553. The van der Waals surface area contributed by atoms with Crippen LogP contribution in [-0.4, -0.2) is 5.78 Å². The summed E-state index contributed by atoms with van der Waals surface area (Å²) < 4.78 is 12.3. The maximum atomic E-state index is 12.3. The fourth-order valence-electron chi connectivity index (χ4n) is 0.878. The number of rotatable bonds is 2. The van der Waals surface area contributed by atoms with Crippen LogP contribution in [0.15, 0.2) is 36.2 Å². The van der Waals surface area contributed by atoms with Crippen molar-refractivity contribution in [2.24, 2.45) is 0 Å². The van der Waals surface area contributed by atoms with Gasteiger partial charge in [0.1, 0.15) is 5.83 Å². The van der Waals surface area contributed by atoms with Gasteiger partial charge >= 0.3 is 0 Å². The average molecular weight is 199 g/mol. The van der Waals surface area contributed by atoms with Crippen LogP contribution in [0.5, 0.6) is 0 Å². The smallest absolute Gasteiger partial charge is 0.188 e. The molecule has 3 heteroatoms. The molecular formula is C10H8ClFO. The van der Waals surface area contributed by atoms with Crippen molar-refractivity contribution in [1.82, 2.24) is 0 Å². The van der Waals surface area contributed by atoms with Crippen LogP contribution in [0.2, 0.25) is 5.02 Å². The second-order valence-electron chi connectivity index (χ2n) is 2.60. The molecular weight excluding hydrogens is 191 g/mol. The van der Waals surface area contributed by atoms with Gasteiger partial charge in [-0.2, -0.15) is 0 Å². The van der Waals surface area contributed by atoms with Crippen LogP contribution in [0.1, 0.15) is 17.3 Å². The second-order valence-corrected chi connectivity index (χ2v) is 3.04. The van der Waals surface area contributed by atoms with Gasteiger partial charge in [-0.25, -0.2) is 4.39 Å². The van der Waals surface area contributed by atoms with E-state index in [0.717, 1.165) is 6.08 Å². The molecule has 0 unspecified atom stereocenters. The molecule has 0 atom stereocenters. The Hall–Kier alpha value is -1.15. The van der Waals surface area contributed by atoms with Crippen molar-refractivity contribution in [1.29, 1.82) is 0 Å². The summed E-state index contributed by atoms with van der Waals surface area (Å²) in [7, 11) is 0. The molecule has 1 nitrogen and oxygen atoms in total. The van der Waals surface area contributed by atoms with Gasteiger partial charge < -0.3 is 0 Å². The molecule has 0 aliphatic rings. The number of allylic oxidation sites excluding steroid dienone is 2. The number of ketones is 1. The van der Waals surface area contributed by atoms with Gasteiger partial charge in [0, 0.05) is 16.7 Å². The zero-order valence-corrected chi connectivity index (χ0v) is 7.81. The highest BCUT2D eigenvalue weighted by atomic mass is 35.5. The third kappa shape index (κ3) is 2.99. The van der Waals surface area contributed by atoms with E-state index in [4.69, 9.17) is 11.6 Å². The molecule has 0 radical (unpaired) electrons. The van der Waals surface area contributed by atoms with Crippen molar-refractivity contribution in [3.05, 3.63) is 46.8 Å². The molecule has 0 bridgehead atoms. The van der Waals surface area contributed by atoms with Gasteiger partial charge in [-0.1, -0.05) is 11.6 Å². The molecule has 0 aliphatic heterocycles. The lowest BCUT2D eigenvalue weighted by atomic mass is 10.1. The predicted octanol–water partition coefficient (Wildman–Crippen LogP) is 3.40. The SMILES string of the molecule is C/C(F)=C/C(=O)c1ccc(Cl)cc1. The molecule has 0 saturated heterocycles. The number of hydrogen-bond donors (Lipinski definition) is 0. The van der Waals surface area contributed by atoms with E-state index in [-0.39, 0.29) is 5.78 Å². The zero-order chi connectivity index (χ0) is 9.84. The molecule has 0 heterocycles. The van der Waals surface area contributed by atoms with E-state index < -0.39 is 5.83 Å². The quantitative estimate of drug-likeness (QED) is 0.526. The zero-order valence-electron chi connectivity index (χ0n) is 7.05. The Labute approximate surface area is 80.8 Å². The highest BCUT2D eigenvalue weighted by Crippen LogP contribution is 2.11. The fraction of sp³-hybridized carbons (Fsp3) is 0.100. The van der Waals surface area contributed by atoms with Gasteiger partial charge in [0.25, 0.3) is 0 Å². The molecule has 0 saturated carbocycles. The standard InChI is InChI=1S/C10H8ClFO/c1-7(12)6-10(13)8-2-4-9(11)5-3-8/h2-6H,1H3/b7-6-. The van der Waals surface area contributed by atoms with E-state index in [1.165, 1.54) is 6.92 Å². The van der Waals surface area contributed by atoms with Gasteiger partial charge in [-0.05, 0) is 31.2 Å². The van der Waals surface area contributed by atoms with Gasteiger partial charge in [0.15, 0.2) is 5.78 Å². The third-order valence-corrected chi connectivity index (χ3v) is 1.71. The van der Waals surface area contributed by atoms with E-state index in [9.17, 15) is 9.18 Å². The minimum absolute atomic E-state index is 0.350. The van der Waals surface area contributed by atoms with Crippen LogP contribution in [0.25, 0.3) is 0 Å². The number of halogens is 2. The van der Waals surface area contributed by atoms with E-state index in [1.807, 2.05) is 0 Å². The first-order valence-electron chi connectivity index (χ1n) is 3.73. The molecule has 1 aromatic rings. The summed E-state index contributed by atoms with van der Waals surface area (Å²) >= 11 is 5.62. The van der Waals surface area contributed by atoms with Crippen molar-refractivity contribution in [3.63, 3.8) is 0 Å². The fourth-order valence-corrected chi connectivity index (χ4v) is 1.00. The molecule has 0 aliphatic carbocycles. The first-order chi connectivity index (χ1) is 6.09. The Morgan fingerprint density at radius 1 is 1.38 bits per heavy atom. The summed E-state index contributed by atoms with van der Waals surface area (Å²) in [4.78, 5) is 11.2. The lowest BCUT2D eigenvalue weighted by Gasteiger charge is -1.95. The van der Waals surface area contributed by atoms with E-state index in [0.29, 0.717) is 10.6 Å². The molecule has 13 heavy (non-hydrogen) atoms. The number of carbonyl (C=O) groups is 1. The van der Waals surface area contributed by atoms with Crippen molar-refractivity contribution in [2.75, 3.05) is 0 Å². The second kappa shape index (κ2) is 4.19. The Bertz CT molecular complexity index is 336. The summed E-state index contributed by atoms with van der Waals surface area (Å²) in [6, 6.07) is 6.31. The lowest BCUT2D eigenvalue weighted by molar-refractivity contribution is 0.104. The highest BCUT2D eigenvalue weighted by molar-refractivity contribution is 6.30. The molecule has 0 amide bonds. The Balaban J connectivity index is 2.90. The first-order valence-corrected chi connectivity index (χ1v) is 4.11. The lowest BCUT2D eigenvalue weighted by Crippen LogP contribution is -1.93. The summed E-state index contributed by atoms with van der Waals surface area (Å²) in [6.45, 7) is 1.23. The first kappa shape index (κ1) is 9.93. The number of carbonyl (C=O) groups excluding carboxylic acids is 1. The van der Waals surface area contributed by atoms with E-state index in [1.54, 1.807) is 24.3 Å². The van der Waals surface area contributed by atoms with Gasteiger partial charge in [-0.15, -0.1) is 0 Å². The van der Waals surface area contributed by atoms with Crippen molar-refractivity contribution < 1.29 is 9.18 Å². The van der Waals surface area contributed by atoms with E-state index >= 15 is 0 Å². The maximum absolute atomic E-state index is 12.3. The molecule has 0 N–H and O–H groups in total. The largest absolute Gasteiger partial charge is 0.289 e. The predicted molar refractivity (Wildman–Crippen MR) is 50.6 cm³/mol.